The number of nitrogens with one attached hydrogen (secondary N) is 1. The normalized spacial score (nSPS) is 14.2. The van der Waals surface area contributed by atoms with Gasteiger partial charge >= 0.3 is 0 Å². The highest BCUT2D eigenvalue weighted by molar-refractivity contribution is 7.92. The lowest BCUT2D eigenvalue weighted by Crippen LogP contribution is -2.35. The monoisotopic (exact) mass is 394 g/mol. The fraction of sp³-hybridized carbons (Fsp3) is 0.375. The number of carbonyl (C=O) groups is 2. The van der Waals surface area contributed by atoms with Crippen LogP contribution in [0.2, 0.25) is 0 Å². The van der Waals surface area contributed by atoms with E-state index in [1.807, 2.05) is 13.8 Å². The molecule has 1 aliphatic rings. The molecule has 0 radical (unpaired) electrons. The van der Waals surface area contributed by atoms with Crippen LogP contribution in [0.5, 0.6) is 0 Å². The largest absolute Gasteiger partial charge is 0.273 e. The summed E-state index contributed by atoms with van der Waals surface area (Å²) in [6.07, 6.45) is 0.717. The third kappa shape index (κ3) is 3.91. The third-order valence-electron chi connectivity index (χ3n) is 3.75. The van der Waals surface area contributed by atoms with Crippen molar-refractivity contribution < 1.29 is 18.0 Å². The van der Waals surface area contributed by atoms with Gasteiger partial charge in [-0.1, -0.05) is 37.3 Å². The molecular weight excluding hydrogens is 376 g/mol. The van der Waals surface area contributed by atoms with Crippen LogP contribution in [0.1, 0.15) is 39.6 Å². The lowest BCUT2D eigenvalue weighted by molar-refractivity contribution is 0.0664. The Bertz CT molecular complexity index is 918. The van der Waals surface area contributed by atoms with Gasteiger partial charge in [0.1, 0.15) is 5.01 Å². The molecule has 1 aromatic carbocycles. The minimum absolute atomic E-state index is 0.183. The molecule has 2 heterocycles. The molecule has 0 aliphatic carbocycles. The number of nitrogens with zero attached hydrogens (tertiary/aromatic N) is 3. The molecule has 0 saturated carbocycles. The average Bonchev–Trinajstić information content (AvgIpc) is 3.08. The van der Waals surface area contributed by atoms with Crippen molar-refractivity contribution in [3.8, 4) is 0 Å². The molecule has 2 amide bonds. The zero-order valence-electron chi connectivity index (χ0n) is 14.3. The van der Waals surface area contributed by atoms with Crippen LogP contribution in [0.4, 0.5) is 5.13 Å². The van der Waals surface area contributed by atoms with Crippen molar-refractivity contribution in [1.82, 2.24) is 15.1 Å². The van der Waals surface area contributed by atoms with Crippen molar-refractivity contribution in [2.45, 2.75) is 20.3 Å². The van der Waals surface area contributed by atoms with E-state index >= 15 is 0 Å². The van der Waals surface area contributed by atoms with Crippen LogP contribution in [-0.2, 0) is 16.4 Å². The number of aromatic nitrogens is 2. The van der Waals surface area contributed by atoms with Gasteiger partial charge in [0.2, 0.25) is 15.2 Å². The maximum absolute atomic E-state index is 12.3. The summed E-state index contributed by atoms with van der Waals surface area (Å²) in [6, 6.07) is 6.44. The molecular formula is C16H18N4O4S2. The molecule has 0 saturated heterocycles. The van der Waals surface area contributed by atoms with Gasteiger partial charge in [0.25, 0.3) is 11.8 Å². The van der Waals surface area contributed by atoms with Crippen LogP contribution >= 0.6 is 11.3 Å². The number of carbonyl (C=O) groups excluding carboxylic acids is 2. The topological polar surface area (TPSA) is 109 Å². The predicted molar refractivity (Wildman–Crippen MR) is 97.7 cm³/mol. The molecule has 2 aromatic rings. The van der Waals surface area contributed by atoms with Gasteiger partial charge in [0, 0.05) is 13.0 Å². The van der Waals surface area contributed by atoms with E-state index in [1.54, 1.807) is 24.3 Å². The number of anilines is 1. The SMILES string of the molecule is CC(C)Cc1nnc(NS(=O)(=O)CCN2C(=O)c3ccccc3C2=O)s1. The molecule has 3 rings (SSSR count). The first-order chi connectivity index (χ1) is 12.3. The Kier molecular flexibility index (Phi) is 5.05. The van der Waals surface area contributed by atoms with Crippen molar-refractivity contribution in [3.05, 3.63) is 40.4 Å². The van der Waals surface area contributed by atoms with Crippen LogP contribution in [0.3, 0.4) is 0 Å². The molecule has 1 aromatic heterocycles. The maximum atomic E-state index is 12.3. The predicted octanol–water partition coefficient (Wildman–Crippen LogP) is 1.77. The van der Waals surface area contributed by atoms with Crippen LogP contribution in [-0.4, -0.2) is 47.6 Å². The smallest absolute Gasteiger partial charge is 0.261 e. The van der Waals surface area contributed by atoms with Crippen LogP contribution in [0.15, 0.2) is 24.3 Å². The molecule has 0 bridgehead atoms. The quantitative estimate of drug-likeness (QED) is 0.717. The van der Waals surface area contributed by atoms with Gasteiger partial charge in [-0.3, -0.25) is 19.2 Å². The van der Waals surface area contributed by atoms with E-state index in [9.17, 15) is 18.0 Å². The zero-order chi connectivity index (χ0) is 18.9. The number of fused-ring (bicyclic) bond motifs is 1. The number of hydrogen-bond acceptors (Lipinski definition) is 7. The Hall–Kier alpha value is -2.33. The molecule has 1 N–H and O–H groups in total. The second-order valence-electron chi connectivity index (χ2n) is 6.33. The highest BCUT2D eigenvalue weighted by Gasteiger charge is 2.35. The molecule has 0 atom stereocenters. The molecule has 0 spiro atoms. The summed E-state index contributed by atoms with van der Waals surface area (Å²) >= 11 is 1.18. The Labute approximate surface area is 155 Å². The summed E-state index contributed by atoms with van der Waals surface area (Å²) in [5.74, 6) is -0.967. The van der Waals surface area contributed by atoms with Crippen molar-refractivity contribution in [3.63, 3.8) is 0 Å². The van der Waals surface area contributed by atoms with Crippen LogP contribution in [0.25, 0.3) is 0 Å². The van der Waals surface area contributed by atoms with Crippen LogP contribution < -0.4 is 4.72 Å². The first-order valence-electron chi connectivity index (χ1n) is 8.05. The van der Waals surface area contributed by atoms with Gasteiger partial charge in [-0.2, -0.15) is 0 Å². The van der Waals surface area contributed by atoms with E-state index in [4.69, 9.17) is 0 Å². The zero-order valence-corrected chi connectivity index (χ0v) is 15.9. The Morgan fingerprint density at radius 1 is 1.12 bits per heavy atom. The fourth-order valence-corrected chi connectivity index (χ4v) is 4.75. The summed E-state index contributed by atoms with van der Waals surface area (Å²) in [7, 11) is -3.76. The van der Waals surface area contributed by atoms with Gasteiger partial charge < -0.3 is 0 Å². The summed E-state index contributed by atoms with van der Waals surface area (Å²) < 4.78 is 26.9. The highest BCUT2D eigenvalue weighted by atomic mass is 32.2. The number of benzene rings is 1. The van der Waals surface area contributed by atoms with E-state index in [2.05, 4.69) is 14.9 Å². The Morgan fingerprint density at radius 3 is 2.31 bits per heavy atom. The van der Waals surface area contributed by atoms with E-state index in [1.165, 1.54) is 11.3 Å². The maximum Gasteiger partial charge on any atom is 0.261 e. The lowest BCUT2D eigenvalue weighted by Gasteiger charge is -2.13. The summed E-state index contributed by atoms with van der Waals surface area (Å²) in [6.45, 7) is 3.85. The molecule has 26 heavy (non-hydrogen) atoms. The standard InChI is InChI=1S/C16H18N4O4S2/c1-10(2)9-13-17-18-16(25-13)19-26(23,24)8-7-20-14(21)11-5-3-4-6-12(11)15(20)22/h3-6,10H,7-9H2,1-2H3,(H,18,19). The number of imide groups is 1. The molecule has 138 valence electrons. The van der Waals surface area contributed by atoms with E-state index in [0.717, 1.165) is 9.91 Å². The Morgan fingerprint density at radius 2 is 1.73 bits per heavy atom. The molecule has 0 fully saturated rings. The molecule has 0 unspecified atom stereocenters. The van der Waals surface area contributed by atoms with E-state index in [-0.39, 0.29) is 11.7 Å². The minimum atomic E-state index is -3.76. The molecule has 8 nitrogen and oxygen atoms in total. The fourth-order valence-electron chi connectivity index (χ4n) is 2.56. The average molecular weight is 394 g/mol. The highest BCUT2D eigenvalue weighted by Crippen LogP contribution is 2.23. The van der Waals surface area contributed by atoms with Gasteiger partial charge in [-0.05, 0) is 18.1 Å². The van der Waals surface area contributed by atoms with Crippen LogP contribution in [0, 0.1) is 5.92 Å². The third-order valence-corrected chi connectivity index (χ3v) is 5.97. The first-order valence-corrected chi connectivity index (χ1v) is 10.5. The van der Waals surface area contributed by atoms with E-state index < -0.39 is 27.6 Å². The first kappa shape index (κ1) is 18.5. The van der Waals surface area contributed by atoms with E-state index in [0.29, 0.717) is 23.5 Å². The molecule has 10 heteroatoms. The number of rotatable bonds is 7. The second-order valence-corrected chi connectivity index (χ2v) is 9.23. The lowest BCUT2D eigenvalue weighted by atomic mass is 10.1. The van der Waals surface area contributed by atoms with Gasteiger partial charge in [-0.25, -0.2) is 8.42 Å². The second kappa shape index (κ2) is 7.12. The van der Waals surface area contributed by atoms with Crippen molar-refractivity contribution in [1.29, 1.82) is 0 Å². The van der Waals surface area contributed by atoms with Gasteiger partial charge in [0.05, 0.1) is 16.9 Å². The number of sulfonamides is 1. The Balaban J connectivity index is 1.63. The number of amides is 2. The summed E-state index contributed by atoms with van der Waals surface area (Å²) in [4.78, 5) is 25.5. The minimum Gasteiger partial charge on any atom is -0.273 e. The van der Waals surface area contributed by atoms with Gasteiger partial charge in [0.15, 0.2) is 0 Å². The summed E-state index contributed by atoms with van der Waals surface area (Å²) in [5, 5.41) is 8.71. The van der Waals surface area contributed by atoms with Crippen molar-refractivity contribution >= 4 is 38.3 Å². The number of hydrogen-bond donors (Lipinski definition) is 1. The van der Waals surface area contributed by atoms with Crippen molar-refractivity contribution in [2.75, 3.05) is 17.0 Å². The molecule has 1 aliphatic heterocycles. The van der Waals surface area contributed by atoms with Gasteiger partial charge in [-0.15, -0.1) is 10.2 Å². The van der Waals surface area contributed by atoms with Crippen molar-refractivity contribution in [2.24, 2.45) is 5.92 Å². The summed E-state index contributed by atoms with van der Waals surface area (Å²) in [5.41, 5.74) is 0.593.